The summed E-state index contributed by atoms with van der Waals surface area (Å²) in [4.78, 5) is 21.7. The Labute approximate surface area is 313 Å². The molecule has 0 aliphatic rings. The summed E-state index contributed by atoms with van der Waals surface area (Å²) in [5.74, 6) is -0.797. The average Bonchev–Trinajstić information content (AvgIpc) is 3.10. The Bertz CT molecular complexity index is 690. The molecule has 0 rings (SSSR count). The highest BCUT2D eigenvalue weighted by Gasteiger charge is 2.01. The van der Waals surface area contributed by atoms with Crippen LogP contribution in [0.5, 0.6) is 0 Å². The molecular formula is C46H88O4. The minimum Gasteiger partial charge on any atom is -0.481 e. The van der Waals surface area contributed by atoms with Crippen molar-refractivity contribution in [1.29, 1.82) is 0 Å². The van der Waals surface area contributed by atoms with E-state index in [0.29, 0.717) is 12.8 Å². The monoisotopic (exact) mass is 705 g/mol. The molecule has 0 spiro atoms. The van der Waals surface area contributed by atoms with Gasteiger partial charge in [0.1, 0.15) is 0 Å². The van der Waals surface area contributed by atoms with Gasteiger partial charge in [-0.25, -0.2) is 0 Å². The number of carboxylic acids is 1. The van der Waals surface area contributed by atoms with Crippen LogP contribution in [0.25, 0.3) is 0 Å². The Kier molecular flexibility index (Phi) is 42.7. The number of hydrogen-bond donors (Lipinski definition) is 1. The van der Waals surface area contributed by atoms with E-state index in [1.165, 1.54) is 237 Å². The number of ether oxygens (including phenoxy) is 1. The smallest absolute Gasteiger partial charge is 0.310 e. The number of aliphatic carboxylic acids is 1. The van der Waals surface area contributed by atoms with Crippen molar-refractivity contribution in [3.8, 4) is 0 Å². The fraction of sp³-hybridized carbons (Fsp3) is 0.913. The Morgan fingerprint density at radius 2 is 0.480 bits per heavy atom. The van der Waals surface area contributed by atoms with Gasteiger partial charge in [-0.15, -0.1) is 0 Å². The van der Waals surface area contributed by atoms with Gasteiger partial charge >= 0.3 is 11.9 Å². The SMILES string of the molecule is C=COC(=O)CCCCCCCCCCCCCCCCCCCCCCCCCCCCCCCCCCCCCCCCCCC(=O)O. The van der Waals surface area contributed by atoms with Crippen molar-refractivity contribution >= 4 is 11.9 Å². The fourth-order valence-corrected chi connectivity index (χ4v) is 7.41. The third kappa shape index (κ3) is 44.7. The predicted molar refractivity (Wildman–Crippen MR) is 218 cm³/mol. The number of esters is 1. The van der Waals surface area contributed by atoms with E-state index < -0.39 is 5.97 Å². The first-order valence-corrected chi connectivity index (χ1v) is 22.7. The first kappa shape index (κ1) is 48.7. The molecule has 0 aromatic carbocycles. The van der Waals surface area contributed by atoms with Gasteiger partial charge in [-0.3, -0.25) is 9.59 Å². The topological polar surface area (TPSA) is 63.6 Å². The second-order valence-electron chi connectivity index (χ2n) is 15.7. The van der Waals surface area contributed by atoms with Gasteiger partial charge in [0.05, 0.1) is 6.26 Å². The third-order valence-electron chi connectivity index (χ3n) is 10.7. The molecule has 4 nitrogen and oxygen atoms in total. The lowest BCUT2D eigenvalue weighted by Crippen LogP contribution is -1.98. The molecule has 0 aliphatic heterocycles. The molecule has 1 N–H and O–H groups in total. The van der Waals surface area contributed by atoms with E-state index in [0.717, 1.165) is 25.7 Å². The Morgan fingerprint density at radius 3 is 0.640 bits per heavy atom. The summed E-state index contributed by atoms with van der Waals surface area (Å²) in [5.41, 5.74) is 0. The summed E-state index contributed by atoms with van der Waals surface area (Å²) < 4.78 is 4.74. The average molecular weight is 705 g/mol. The molecule has 0 bridgehead atoms. The molecule has 0 aromatic heterocycles. The van der Waals surface area contributed by atoms with E-state index in [1.807, 2.05) is 0 Å². The van der Waals surface area contributed by atoms with Crippen molar-refractivity contribution in [3.63, 3.8) is 0 Å². The van der Waals surface area contributed by atoms with Crippen LogP contribution in [-0.2, 0) is 14.3 Å². The molecular weight excluding hydrogens is 617 g/mol. The maximum absolute atomic E-state index is 11.2. The summed E-state index contributed by atoms with van der Waals surface area (Å²) in [6.07, 6.45) is 57.1. The van der Waals surface area contributed by atoms with E-state index in [9.17, 15) is 9.59 Å². The molecule has 0 amide bonds. The predicted octanol–water partition coefficient (Wildman–Crippen LogP) is 16.1. The zero-order valence-electron chi connectivity index (χ0n) is 33.7. The van der Waals surface area contributed by atoms with Crippen LogP contribution in [0, 0.1) is 0 Å². The normalized spacial score (nSPS) is 11.3. The van der Waals surface area contributed by atoms with E-state index in [2.05, 4.69) is 6.58 Å². The van der Waals surface area contributed by atoms with Crippen LogP contribution >= 0.6 is 0 Å². The van der Waals surface area contributed by atoms with Crippen LogP contribution in [0.1, 0.15) is 270 Å². The van der Waals surface area contributed by atoms with Gasteiger partial charge in [0.15, 0.2) is 0 Å². The van der Waals surface area contributed by atoms with Gasteiger partial charge in [-0.2, -0.15) is 0 Å². The third-order valence-corrected chi connectivity index (χ3v) is 10.7. The van der Waals surface area contributed by atoms with E-state index >= 15 is 0 Å². The van der Waals surface area contributed by atoms with Crippen LogP contribution in [0.4, 0.5) is 0 Å². The van der Waals surface area contributed by atoms with Crippen molar-refractivity contribution in [2.75, 3.05) is 0 Å². The zero-order chi connectivity index (χ0) is 36.3. The quantitative estimate of drug-likeness (QED) is 0.0389. The maximum atomic E-state index is 11.2. The Hall–Kier alpha value is -1.32. The number of carboxylic acid groups (broad SMARTS) is 1. The summed E-state index contributed by atoms with van der Waals surface area (Å²) >= 11 is 0. The summed E-state index contributed by atoms with van der Waals surface area (Å²) in [6, 6.07) is 0. The molecule has 296 valence electrons. The van der Waals surface area contributed by atoms with Gasteiger partial charge in [-0.1, -0.05) is 251 Å². The molecule has 0 fully saturated rings. The number of hydrogen-bond acceptors (Lipinski definition) is 3. The van der Waals surface area contributed by atoms with Crippen LogP contribution < -0.4 is 0 Å². The lowest BCUT2D eigenvalue weighted by Gasteiger charge is -2.05. The minimum absolute atomic E-state index is 0.146. The van der Waals surface area contributed by atoms with Crippen molar-refractivity contribution in [2.24, 2.45) is 0 Å². The van der Waals surface area contributed by atoms with E-state index in [1.54, 1.807) is 0 Å². The van der Waals surface area contributed by atoms with Crippen molar-refractivity contribution in [2.45, 2.75) is 270 Å². The standard InChI is InChI=1S/C46H88O4/c1-2-50-46(49)44-42-40-38-36-34-32-30-28-26-24-22-20-18-16-14-12-10-8-6-4-3-5-7-9-11-13-15-17-19-21-23-25-27-29-31-33-35-37-39-41-43-45(47)48/h2H,1,3-44H2,(H,47,48). The lowest BCUT2D eigenvalue weighted by molar-refractivity contribution is -0.138. The van der Waals surface area contributed by atoms with Crippen molar-refractivity contribution in [3.05, 3.63) is 12.8 Å². The van der Waals surface area contributed by atoms with Gasteiger partial charge in [0, 0.05) is 12.8 Å². The molecule has 0 radical (unpaired) electrons. The second kappa shape index (κ2) is 43.8. The fourth-order valence-electron chi connectivity index (χ4n) is 7.41. The lowest BCUT2D eigenvalue weighted by atomic mass is 10.0. The van der Waals surface area contributed by atoms with E-state index in [4.69, 9.17) is 9.84 Å². The molecule has 0 saturated heterocycles. The van der Waals surface area contributed by atoms with Crippen LogP contribution in [-0.4, -0.2) is 17.0 Å². The molecule has 50 heavy (non-hydrogen) atoms. The number of unbranched alkanes of at least 4 members (excludes halogenated alkanes) is 39. The molecule has 0 aromatic rings. The first-order valence-electron chi connectivity index (χ1n) is 22.7. The minimum atomic E-state index is -0.651. The van der Waals surface area contributed by atoms with Crippen molar-refractivity contribution in [1.82, 2.24) is 0 Å². The van der Waals surface area contributed by atoms with Gasteiger partial charge in [0.2, 0.25) is 0 Å². The van der Waals surface area contributed by atoms with Gasteiger partial charge in [-0.05, 0) is 12.8 Å². The van der Waals surface area contributed by atoms with Crippen LogP contribution in [0.15, 0.2) is 12.8 Å². The summed E-state index contributed by atoms with van der Waals surface area (Å²) in [7, 11) is 0. The van der Waals surface area contributed by atoms with Crippen LogP contribution in [0.3, 0.4) is 0 Å². The maximum Gasteiger partial charge on any atom is 0.310 e. The highest BCUT2D eigenvalue weighted by Crippen LogP contribution is 2.18. The first-order chi connectivity index (χ1) is 24.7. The van der Waals surface area contributed by atoms with Gasteiger partial charge in [0.25, 0.3) is 0 Å². The van der Waals surface area contributed by atoms with E-state index in [-0.39, 0.29) is 5.97 Å². The zero-order valence-corrected chi connectivity index (χ0v) is 33.7. The molecule has 0 aliphatic carbocycles. The number of rotatable bonds is 44. The highest BCUT2D eigenvalue weighted by molar-refractivity contribution is 5.69. The van der Waals surface area contributed by atoms with Crippen molar-refractivity contribution < 1.29 is 19.4 Å². The Balaban J connectivity index is 3.07. The summed E-state index contributed by atoms with van der Waals surface area (Å²) in [5, 5.41) is 8.65. The van der Waals surface area contributed by atoms with Gasteiger partial charge < -0.3 is 9.84 Å². The molecule has 0 heterocycles. The largest absolute Gasteiger partial charge is 0.481 e. The molecule has 4 heteroatoms. The Morgan fingerprint density at radius 1 is 0.320 bits per heavy atom. The molecule has 0 saturated carbocycles. The summed E-state index contributed by atoms with van der Waals surface area (Å²) in [6.45, 7) is 3.42. The van der Waals surface area contributed by atoms with Crippen LogP contribution in [0.2, 0.25) is 0 Å². The molecule has 0 atom stereocenters. The number of carbonyl (C=O) groups excluding carboxylic acids is 1. The second-order valence-corrected chi connectivity index (χ2v) is 15.7. The highest BCUT2D eigenvalue weighted by atomic mass is 16.5. The number of carbonyl (C=O) groups is 2. The molecule has 0 unspecified atom stereocenters.